The highest BCUT2D eigenvalue weighted by molar-refractivity contribution is 7.86. The number of nitrogens with zero attached hydrogens (tertiary/aromatic N) is 1. The Balaban J connectivity index is 2.37. The minimum atomic E-state index is -4.60. The Morgan fingerprint density at radius 1 is 1.22 bits per heavy atom. The molecular weight excluding hydrogens is 345 g/mol. The van der Waals surface area contributed by atoms with Crippen LogP contribution in [0.25, 0.3) is 0 Å². The van der Waals surface area contributed by atoms with E-state index in [1.807, 2.05) is 6.07 Å². The van der Waals surface area contributed by atoms with E-state index < -0.39 is 32.0 Å². The topological polar surface area (TPSA) is 98.4 Å². The smallest absolute Gasteiger partial charge is 0.296 e. The van der Waals surface area contributed by atoms with Gasteiger partial charge in [0.05, 0.1) is 22.8 Å². The Hall–Kier alpha value is -1.98. The van der Waals surface area contributed by atoms with E-state index in [9.17, 15) is 17.9 Å². The largest absolute Gasteiger partial charge is 0.388 e. The fourth-order valence-electron chi connectivity index (χ4n) is 2.05. The van der Waals surface area contributed by atoms with Gasteiger partial charge in [0.15, 0.2) is 0 Å². The summed E-state index contributed by atoms with van der Waals surface area (Å²) in [6.45, 7) is 0. The van der Waals surface area contributed by atoms with Crippen molar-refractivity contribution < 1.29 is 22.5 Å². The van der Waals surface area contributed by atoms with Gasteiger partial charge in [-0.05, 0) is 29.8 Å². The predicted octanol–water partition coefficient (Wildman–Crippen LogP) is 2.87. The molecule has 120 valence electrons. The van der Waals surface area contributed by atoms with Crippen LogP contribution in [0.5, 0.6) is 0 Å². The van der Waals surface area contributed by atoms with Crippen molar-refractivity contribution in [2.45, 2.75) is 17.4 Å². The maximum Gasteiger partial charge on any atom is 0.296 e. The highest BCUT2D eigenvalue weighted by Gasteiger charge is 2.22. The van der Waals surface area contributed by atoms with Crippen LogP contribution >= 0.6 is 11.6 Å². The molecule has 0 spiro atoms. The van der Waals surface area contributed by atoms with Crippen molar-refractivity contribution in [3.63, 3.8) is 0 Å². The second-order valence-electron chi connectivity index (χ2n) is 4.77. The fraction of sp³-hybridized carbons (Fsp3) is 0.133. The van der Waals surface area contributed by atoms with E-state index in [2.05, 4.69) is 0 Å². The van der Waals surface area contributed by atoms with Crippen molar-refractivity contribution >= 4 is 21.7 Å². The van der Waals surface area contributed by atoms with Crippen LogP contribution in [0.2, 0.25) is 5.02 Å². The molecule has 0 saturated heterocycles. The lowest BCUT2D eigenvalue weighted by Crippen LogP contribution is -2.07. The zero-order valence-corrected chi connectivity index (χ0v) is 13.1. The molecule has 2 aromatic rings. The molecule has 0 aliphatic carbocycles. The third-order valence-corrected chi connectivity index (χ3v) is 4.69. The van der Waals surface area contributed by atoms with E-state index in [1.165, 1.54) is 24.3 Å². The Morgan fingerprint density at radius 3 is 2.35 bits per heavy atom. The van der Waals surface area contributed by atoms with Crippen molar-refractivity contribution in [2.24, 2.45) is 0 Å². The SMILES string of the molecule is N#Cc1ccc(C(O)Cc2c(F)ccc(S(=O)(=O)O)c2Cl)cc1. The van der Waals surface area contributed by atoms with E-state index >= 15 is 0 Å². The average molecular weight is 356 g/mol. The minimum absolute atomic E-state index is 0.223. The first-order chi connectivity index (χ1) is 10.7. The van der Waals surface area contributed by atoms with Gasteiger partial charge in [-0.25, -0.2) is 4.39 Å². The minimum Gasteiger partial charge on any atom is -0.388 e. The van der Waals surface area contributed by atoms with Gasteiger partial charge < -0.3 is 5.11 Å². The van der Waals surface area contributed by atoms with Crippen molar-refractivity contribution in [3.8, 4) is 6.07 Å². The molecule has 0 fully saturated rings. The molecule has 0 saturated carbocycles. The number of aliphatic hydroxyl groups excluding tert-OH is 1. The molecule has 23 heavy (non-hydrogen) atoms. The van der Waals surface area contributed by atoms with Gasteiger partial charge in [0.2, 0.25) is 0 Å². The lowest BCUT2D eigenvalue weighted by molar-refractivity contribution is 0.177. The Kier molecular flexibility index (Phi) is 5.02. The van der Waals surface area contributed by atoms with Gasteiger partial charge in [-0.15, -0.1) is 0 Å². The lowest BCUT2D eigenvalue weighted by Gasteiger charge is -2.14. The van der Waals surface area contributed by atoms with Crippen molar-refractivity contribution in [1.29, 1.82) is 5.26 Å². The number of hydrogen-bond acceptors (Lipinski definition) is 4. The van der Waals surface area contributed by atoms with Crippen molar-refractivity contribution in [3.05, 3.63) is 63.9 Å². The zero-order valence-electron chi connectivity index (χ0n) is 11.6. The number of halogens is 2. The molecule has 1 atom stereocenters. The first kappa shape index (κ1) is 17.4. The number of rotatable bonds is 4. The predicted molar refractivity (Wildman–Crippen MR) is 81.0 cm³/mol. The number of hydrogen-bond donors (Lipinski definition) is 2. The molecule has 0 bridgehead atoms. The van der Waals surface area contributed by atoms with E-state index in [-0.39, 0.29) is 12.0 Å². The van der Waals surface area contributed by atoms with Crippen LogP contribution in [0.4, 0.5) is 4.39 Å². The molecule has 1 unspecified atom stereocenters. The summed E-state index contributed by atoms with van der Waals surface area (Å²) in [6.07, 6.45) is -1.45. The summed E-state index contributed by atoms with van der Waals surface area (Å²) in [5, 5.41) is 18.4. The molecule has 5 nitrogen and oxygen atoms in total. The quantitative estimate of drug-likeness (QED) is 0.822. The van der Waals surface area contributed by atoms with Crippen LogP contribution in [0.3, 0.4) is 0 Å². The van der Waals surface area contributed by atoms with Gasteiger partial charge >= 0.3 is 0 Å². The van der Waals surface area contributed by atoms with Crippen molar-refractivity contribution in [1.82, 2.24) is 0 Å². The third kappa shape index (κ3) is 3.86. The van der Waals surface area contributed by atoms with Gasteiger partial charge in [-0.3, -0.25) is 4.55 Å². The summed E-state index contributed by atoms with van der Waals surface area (Å²) in [5.74, 6) is -0.796. The molecule has 2 rings (SSSR count). The van der Waals surface area contributed by atoms with Crippen LogP contribution in [0.15, 0.2) is 41.3 Å². The third-order valence-electron chi connectivity index (χ3n) is 3.25. The van der Waals surface area contributed by atoms with Gasteiger partial charge in [0.1, 0.15) is 10.7 Å². The van der Waals surface area contributed by atoms with Crippen LogP contribution in [-0.4, -0.2) is 18.1 Å². The Labute approximate surface area is 137 Å². The molecule has 0 aliphatic rings. The number of benzene rings is 2. The summed E-state index contributed by atoms with van der Waals surface area (Å²) in [7, 11) is -4.60. The summed E-state index contributed by atoms with van der Waals surface area (Å²) in [4.78, 5) is -0.623. The fourth-order valence-corrected chi connectivity index (χ4v) is 3.17. The molecular formula is C15H11ClFNO4S. The van der Waals surface area contributed by atoms with Gasteiger partial charge in [-0.2, -0.15) is 13.7 Å². The first-order valence-electron chi connectivity index (χ1n) is 6.36. The maximum atomic E-state index is 13.9. The van der Waals surface area contributed by atoms with Gasteiger partial charge in [0, 0.05) is 12.0 Å². The van der Waals surface area contributed by atoms with Crippen molar-refractivity contribution in [2.75, 3.05) is 0 Å². The molecule has 2 aromatic carbocycles. The molecule has 0 radical (unpaired) electrons. The molecule has 0 heterocycles. The first-order valence-corrected chi connectivity index (χ1v) is 8.18. The van der Waals surface area contributed by atoms with E-state index in [0.717, 1.165) is 12.1 Å². The molecule has 0 aliphatic heterocycles. The summed E-state index contributed by atoms with van der Waals surface area (Å²) in [5.41, 5.74) is 0.592. The summed E-state index contributed by atoms with van der Waals surface area (Å²) >= 11 is 5.84. The Morgan fingerprint density at radius 2 is 1.83 bits per heavy atom. The van der Waals surface area contributed by atoms with Crippen LogP contribution in [0, 0.1) is 17.1 Å². The highest BCUT2D eigenvalue weighted by Crippen LogP contribution is 2.31. The van der Waals surface area contributed by atoms with E-state index in [1.54, 1.807) is 0 Å². The summed E-state index contributed by atoms with van der Waals surface area (Å²) in [6, 6.07) is 9.62. The molecule has 2 N–H and O–H groups in total. The molecule has 0 amide bonds. The van der Waals surface area contributed by atoms with Gasteiger partial charge in [-0.1, -0.05) is 23.7 Å². The van der Waals surface area contributed by atoms with E-state index in [4.69, 9.17) is 21.4 Å². The second-order valence-corrected chi connectivity index (χ2v) is 6.53. The Bertz CT molecular complexity index is 876. The van der Waals surface area contributed by atoms with Crippen LogP contribution in [-0.2, 0) is 16.5 Å². The lowest BCUT2D eigenvalue weighted by atomic mass is 10.00. The average Bonchev–Trinajstić information content (AvgIpc) is 2.50. The standard InChI is InChI=1S/C15H11ClFNO4S/c16-15-11(12(17)5-6-14(15)23(20,21)22)7-13(19)10-3-1-9(8-18)2-4-10/h1-6,13,19H,7H2,(H,20,21,22). The van der Waals surface area contributed by atoms with Crippen LogP contribution < -0.4 is 0 Å². The normalized spacial score (nSPS) is 12.7. The van der Waals surface area contributed by atoms with Gasteiger partial charge in [0.25, 0.3) is 10.1 Å². The zero-order chi connectivity index (χ0) is 17.2. The van der Waals surface area contributed by atoms with Crippen LogP contribution in [0.1, 0.15) is 22.8 Å². The number of aliphatic hydroxyl groups is 1. The van der Waals surface area contributed by atoms with E-state index in [0.29, 0.717) is 11.1 Å². The second kappa shape index (κ2) is 6.64. The monoisotopic (exact) mass is 355 g/mol. The summed E-state index contributed by atoms with van der Waals surface area (Å²) < 4.78 is 45.4. The highest BCUT2D eigenvalue weighted by atomic mass is 35.5. The maximum absolute atomic E-state index is 13.9. The molecule has 0 aromatic heterocycles. The number of nitriles is 1. The molecule has 8 heteroatoms.